The molecular formula is C30H37NOSi. The molecule has 0 spiro atoms. The quantitative estimate of drug-likeness (QED) is 0.457. The van der Waals surface area contributed by atoms with Gasteiger partial charge in [-0.25, -0.2) is 0 Å². The van der Waals surface area contributed by atoms with Crippen LogP contribution in [0.2, 0.25) is 5.04 Å². The number of nitrogens with zero attached hydrogens (tertiary/aromatic N) is 1. The van der Waals surface area contributed by atoms with Crippen molar-refractivity contribution in [3.05, 3.63) is 96.6 Å². The summed E-state index contributed by atoms with van der Waals surface area (Å²) in [5, 5.41) is 2.83. The average molecular weight is 456 g/mol. The summed E-state index contributed by atoms with van der Waals surface area (Å²) in [7, 11) is -2.49. The molecule has 2 fully saturated rings. The summed E-state index contributed by atoms with van der Waals surface area (Å²) in [6, 6.07) is 33.2. The van der Waals surface area contributed by atoms with E-state index in [1.807, 2.05) is 0 Å². The molecule has 1 aliphatic carbocycles. The van der Waals surface area contributed by atoms with Gasteiger partial charge in [0.05, 0.1) is 6.10 Å². The van der Waals surface area contributed by atoms with Crippen LogP contribution in [0.1, 0.15) is 39.2 Å². The molecule has 0 aromatic heterocycles. The van der Waals surface area contributed by atoms with Crippen LogP contribution in [0.5, 0.6) is 0 Å². The molecule has 1 aliphatic heterocycles. The molecule has 1 saturated heterocycles. The number of fused-ring (bicyclic) bond motifs is 2. The lowest BCUT2D eigenvalue weighted by molar-refractivity contribution is 0.0245. The second-order valence-corrected chi connectivity index (χ2v) is 15.3. The molecule has 3 heteroatoms. The Morgan fingerprint density at radius 2 is 1.18 bits per heavy atom. The van der Waals surface area contributed by atoms with Gasteiger partial charge in [-0.05, 0) is 45.7 Å². The molecule has 0 N–H and O–H groups in total. The Kier molecular flexibility index (Phi) is 6.30. The van der Waals surface area contributed by atoms with Crippen molar-refractivity contribution in [2.24, 2.45) is 11.8 Å². The van der Waals surface area contributed by atoms with Gasteiger partial charge in [0.1, 0.15) is 0 Å². The minimum absolute atomic E-state index is 0.0380. The Bertz CT molecular complexity index is 978. The Balaban J connectivity index is 1.47. The molecule has 5 rings (SSSR count). The van der Waals surface area contributed by atoms with Crippen LogP contribution in [0.15, 0.2) is 91.0 Å². The summed E-state index contributed by atoms with van der Waals surface area (Å²) in [5.74, 6) is 1.24. The van der Waals surface area contributed by atoms with Crippen molar-refractivity contribution in [2.45, 2.75) is 51.3 Å². The van der Waals surface area contributed by atoms with Gasteiger partial charge >= 0.3 is 0 Å². The van der Waals surface area contributed by atoms with Crippen LogP contribution in [0.4, 0.5) is 0 Å². The first kappa shape index (κ1) is 22.6. The highest BCUT2D eigenvalue weighted by atomic mass is 28.4. The van der Waals surface area contributed by atoms with E-state index in [0.717, 1.165) is 19.6 Å². The smallest absolute Gasteiger partial charge is 0.261 e. The first-order chi connectivity index (χ1) is 16.0. The topological polar surface area (TPSA) is 12.5 Å². The van der Waals surface area contributed by atoms with Gasteiger partial charge in [0.15, 0.2) is 0 Å². The molecule has 1 unspecified atom stereocenters. The van der Waals surface area contributed by atoms with Gasteiger partial charge < -0.3 is 4.43 Å². The van der Waals surface area contributed by atoms with Crippen molar-refractivity contribution in [1.82, 2.24) is 4.90 Å². The maximum atomic E-state index is 7.61. The van der Waals surface area contributed by atoms with Crippen molar-refractivity contribution in [1.29, 1.82) is 0 Å². The van der Waals surface area contributed by atoms with Gasteiger partial charge in [-0.3, -0.25) is 4.90 Å². The zero-order chi connectivity index (χ0) is 22.9. The predicted octanol–water partition coefficient (Wildman–Crippen LogP) is 5.47. The minimum atomic E-state index is -2.49. The van der Waals surface area contributed by atoms with E-state index >= 15 is 0 Å². The van der Waals surface area contributed by atoms with E-state index in [1.54, 1.807) is 0 Å². The molecule has 1 heterocycles. The van der Waals surface area contributed by atoms with E-state index in [2.05, 4.69) is 117 Å². The van der Waals surface area contributed by atoms with Gasteiger partial charge in [0, 0.05) is 19.6 Å². The van der Waals surface area contributed by atoms with E-state index < -0.39 is 8.32 Å². The lowest BCUT2D eigenvalue weighted by atomic mass is 9.95. The number of benzene rings is 3. The van der Waals surface area contributed by atoms with Crippen molar-refractivity contribution >= 4 is 18.7 Å². The maximum absolute atomic E-state index is 7.61. The standard InChI is InChI=1S/C30H37NOSi/c1-30(2,3)33(27-15-9-5-10-16-27,28-17-11-6-12-18-28)32-29-25-19-20-26(29)23-31(22-25)21-24-13-7-4-8-14-24/h4-18,25-26,29H,19-23H2,1-3H3/t25-,26+,29?. The summed E-state index contributed by atoms with van der Waals surface area (Å²) >= 11 is 0. The molecule has 33 heavy (non-hydrogen) atoms. The summed E-state index contributed by atoms with van der Waals surface area (Å²) in [6.45, 7) is 10.5. The zero-order valence-electron chi connectivity index (χ0n) is 20.3. The van der Waals surface area contributed by atoms with Gasteiger partial charge in [-0.1, -0.05) is 112 Å². The van der Waals surface area contributed by atoms with Crippen LogP contribution in [-0.2, 0) is 11.0 Å². The highest BCUT2D eigenvalue weighted by molar-refractivity contribution is 6.99. The number of rotatable bonds is 6. The SMILES string of the molecule is CC(C)(C)[Si](OC1[C@@H]2CC[C@H]1CN(Cc1ccccc1)C2)(c1ccccc1)c1ccccc1. The number of hydrogen-bond donors (Lipinski definition) is 0. The normalized spacial score (nSPS) is 23.5. The van der Waals surface area contributed by atoms with Gasteiger partial charge in [-0.15, -0.1) is 0 Å². The second-order valence-electron chi connectivity index (χ2n) is 11.0. The fourth-order valence-corrected chi connectivity index (χ4v) is 11.1. The van der Waals surface area contributed by atoms with Crippen molar-refractivity contribution in [3.63, 3.8) is 0 Å². The molecule has 2 aliphatic rings. The molecule has 1 saturated carbocycles. The Labute approximate surface area is 200 Å². The second kappa shape index (κ2) is 9.21. The molecule has 2 bridgehead atoms. The minimum Gasteiger partial charge on any atom is -0.404 e. The lowest BCUT2D eigenvalue weighted by Crippen LogP contribution is -2.69. The van der Waals surface area contributed by atoms with Crippen LogP contribution in [0.25, 0.3) is 0 Å². The Morgan fingerprint density at radius 3 is 1.64 bits per heavy atom. The summed E-state index contributed by atoms with van der Waals surface area (Å²) in [6.07, 6.45) is 2.93. The summed E-state index contributed by atoms with van der Waals surface area (Å²) < 4.78 is 7.61. The zero-order valence-corrected chi connectivity index (χ0v) is 21.3. The molecule has 3 aromatic carbocycles. The summed E-state index contributed by atoms with van der Waals surface area (Å²) in [5.41, 5.74) is 1.42. The van der Waals surface area contributed by atoms with E-state index in [0.29, 0.717) is 17.9 Å². The van der Waals surface area contributed by atoms with Crippen LogP contribution >= 0.6 is 0 Å². The van der Waals surface area contributed by atoms with Crippen LogP contribution in [0, 0.1) is 11.8 Å². The molecule has 0 amide bonds. The third kappa shape index (κ3) is 4.34. The predicted molar refractivity (Wildman–Crippen MR) is 140 cm³/mol. The number of hydrogen-bond acceptors (Lipinski definition) is 2. The Hall–Kier alpha value is -2.20. The van der Waals surface area contributed by atoms with Crippen LogP contribution in [-0.4, -0.2) is 32.4 Å². The largest absolute Gasteiger partial charge is 0.404 e. The first-order valence-corrected chi connectivity index (χ1v) is 14.4. The maximum Gasteiger partial charge on any atom is 0.261 e. The fourth-order valence-electron chi connectivity index (χ4n) is 6.33. The lowest BCUT2D eigenvalue weighted by Gasteiger charge is -2.48. The van der Waals surface area contributed by atoms with Crippen molar-refractivity contribution in [3.8, 4) is 0 Å². The molecule has 2 nitrogen and oxygen atoms in total. The Morgan fingerprint density at radius 1 is 0.727 bits per heavy atom. The monoisotopic (exact) mass is 455 g/mol. The van der Waals surface area contributed by atoms with Crippen LogP contribution in [0.3, 0.4) is 0 Å². The molecule has 3 atom stereocenters. The van der Waals surface area contributed by atoms with Crippen LogP contribution < -0.4 is 10.4 Å². The molecule has 0 radical (unpaired) electrons. The van der Waals surface area contributed by atoms with Gasteiger partial charge in [-0.2, -0.15) is 0 Å². The highest BCUT2D eigenvalue weighted by Crippen LogP contribution is 2.45. The third-order valence-corrected chi connectivity index (χ3v) is 12.8. The van der Waals surface area contributed by atoms with Gasteiger partial charge in [0.2, 0.25) is 0 Å². The van der Waals surface area contributed by atoms with E-state index in [1.165, 1.54) is 28.8 Å². The van der Waals surface area contributed by atoms with Crippen molar-refractivity contribution < 1.29 is 4.43 Å². The first-order valence-electron chi connectivity index (χ1n) is 12.5. The van der Waals surface area contributed by atoms with Crippen molar-refractivity contribution in [2.75, 3.05) is 13.1 Å². The van der Waals surface area contributed by atoms with E-state index in [-0.39, 0.29) is 5.04 Å². The molecular weight excluding hydrogens is 418 g/mol. The van der Waals surface area contributed by atoms with E-state index in [9.17, 15) is 0 Å². The highest BCUT2D eigenvalue weighted by Gasteiger charge is 2.55. The molecule has 172 valence electrons. The average Bonchev–Trinajstić information content (AvgIpc) is 3.05. The van der Waals surface area contributed by atoms with E-state index in [4.69, 9.17) is 4.43 Å². The summed E-state index contributed by atoms with van der Waals surface area (Å²) in [4.78, 5) is 2.67. The third-order valence-electron chi connectivity index (χ3n) is 7.80. The number of likely N-dealkylation sites (tertiary alicyclic amines) is 1. The van der Waals surface area contributed by atoms with Gasteiger partial charge in [0.25, 0.3) is 8.32 Å². The molecule has 3 aromatic rings. The fraction of sp³-hybridized carbons (Fsp3) is 0.400. The number of piperidine rings is 1.